The van der Waals surface area contributed by atoms with Crippen LogP contribution in [0.5, 0.6) is 5.75 Å². The van der Waals surface area contributed by atoms with Crippen LogP contribution < -0.4 is 14.8 Å². The summed E-state index contributed by atoms with van der Waals surface area (Å²) in [5, 5.41) is 2.51. The summed E-state index contributed by atoms with van der Waals surface area (Å²) in [6.45, 7) is 0.106. The van der Waals surface area contributed by atoms with Crippen molar-refractivity contribution in [3.63, 3.8) is 0 Å². The molecule has 2 rings (SSSR count). The lowest BCUT2D eigenvalue weighted by Crippen LogP contribution is -2.33. The highest BCUT2D eigenvalue weighted by Crippen LogP contribution is 2.17. The zero-order valence-electron chi connectivity index (χ0n) is 14.9. The summed E-state index contributed by atoms with van der Waals surface area (Å²) < 4.78 is 66.9. The summed E-state index contributed by atoms with van der Waals surface area (Å²) in [6, 6.07) is 12.0. The van der Waals surface area contributed by atoms with Gasteiger partial charge in [-0.15, -0.1) is 0 Å². The number of amides is 1. The fourth-order valence-electron chi connectivity index (χ4n) is 2.14. The molecule has 2 aromatic carbocycles. The van der Waals surface area contributed by atoms with Crippen LogP contribution in [0.4, 0.5) is 18.9 Å². The van der Waals surface area contributed by atoms with E-state index in [-0.39, 0.29) is 17.2 Å². The summed E-state index contributed by atoms with van der Waals surface area (Å²) in [5.74, 6) is 0.0647. The highest BCUT2D eigenvalue weighted by molar-refractivity contribution is 7.89. The first-order chi connectivity index (χ1) is 13.1. The second kappa shape index (κ2) is 9.07. The molecule has 0 aromatic heterocycles. The van der Waals surface area contributed by atoms with Crippen LogP contribution in [0.3, 0.4) is 0 Å². The Bertz CT molecular complexity index is 896. The molecule has 6 nitrogen and oxygen atoms in total. The Morgan fingerprint density at radius 1 is 1.04 bits per heavy atom. The van der Waals surface area contributed by atoms with Crippen LogP contribution in [0.15, 0.2) is 53.4 Å². The second-order valence-electron chi connectivity index (χ2n) is 5.80. The summed E-state index contributed by atoms with van der Waals surface area (Å²) in [6.07, 6.45) is -3.77. The quantitative estimate of drug-likeness (QED) is 0.693. The molecule has 0 bridgehead atoms. The van der Waals surface area contributed by atoms with Crippen molar-refractivity contribution in [2.75, 3.05) is 18.5 Å². The molecule has 0 unspecified atom stereocenters. The number of carbonyl (C=O) groups is 1. The van der Waals surface area contributed by atoms with Crippen molar-refractivity contribution >= 4 is 21.6 Å². The molecule has 2 N–H and O–H groups in total. The fourth-order valence-corrected chi connectivity index (χ4v) is 3.16. The van der Waals surface area contributed by atoms with E-state index < -0.39 is 28.7 Å². The summed E-state index contributed by atoms with van der Waals surface area (Å²) in [7, 11) is -4.30. The molecule has 0 atom stereocenters. The van der Waals surface area contributed by atoms with Gasteiger partial charge in [0.1, 0.15) is 12.3 Å². The summed E-state index contributed by atoms with van der Waals surface area (Å²) in [4.78, 5) is 11.6. The van der Waals surface area contributed by atoms with Gasteiger partial charge in [-0.05, 0) is 48.4 Å². The normalized spacial score (nSPS) is 11.9. The Morgan fingerprint density at radius 3 is 2.18 bits per heavy atom. The number of anilines is 1. The third-order valence-electron chi connectivity index (χ3n) is 3.61. The minimum Gasteiger partial charge on any atom is -0.484 e. The van der Waals surface area contributed by atoms with E-state index in [2.05, 4.69) is 5.32 Å². The smallest absolute Gasteiger partial charge is 0.402 e. The van der Waals surface area contributed by atoms with Gasteiger partial charge in [0.2, 0.25) is 10.0 Å². The number of hydrogen-bond acceptors (Lipinski definition) is 4. The van der Waals surface area contributed by atoms with Crippen LogP contribution in [0.25, 0.3) is 0 Å². The van der Waals surface area contributed by atoms with Crippen molar-refractivity contribution in [3.05, 3.63) is 54.1 Å². The van der Waals surface area contributed by atoms with Gasteiger partial charge < -0.3 is 10.1 Å². The molecule has 152 valence electrons. The predicted octanol–water partition coefficient (Wildman–Crippen LogP) is 3.11. The summed E-state index contributed by atoms with van der Waals surface area (Å²) >= 11 is 0. The van der Waals surface area contributed by atoms with Gasteiger partial charge >= 0.3 is 6.18 Å². The monoisotopic (exact) mass is 416 g/mol. The molecule has 0 radical (unpaired) electrons. The van der Waals surface area contributed by atoms with E-state index in [1.807, 2.05) is 19.1 Å². The molecule has 0 saturated heterocycles. The highest BCUT2D eigenvalue weighted by atomic mass is 32.2. The van der Waals surface area contributed by atoms with E-state index in [0.29, 0.717) is 5.75 Å². The van der Waals surface area contributed by atoms with Crippen molar-refractivity contribution in [2.45, 2.75) is 24.4 Å². The van der Waals surface area contributed by atoms with E-state index in [1.165, 1.54) is 16.9 Å². The van der Waals surface area contributed by atoms with Gasteiger partial charge in [0, 0.05) is 5.69 Å². The van der Waals surface area contributed by atoms with Gasteiger partial charge in [0.25, 0.3) is 5.91 Å². The number of carbonyl (C=O) groups excluding carboxylic acids is 1. The number of rotatable bonds is 8. The minimum atomic E-state index is -4.65. The van der Waals surface area contributed by atoms with Crippen molar-refractivity contribution in [1.82, 2.24) is 4.72 Å². The van der Waals surface area contributed by atoms with Crippen molar-refractivity contribution < 1.29 is 31.1 Å². The van der Waals surface area contributed by atoms with Gasteiger partial charge in [0.05, 0.1) is 4.90 Å². The van der Waals surface area contributed by atoms with Gasteiger partial charge in [-0.3, -0.25) is 4.79 Å². The standard InChI is InChI=1S/C18H19F3N2O4S/c1-2-13-3-7-15(8-4-13)27-11-17(24)23-14-5-9-16(10-6-14)28(25,26)22-12-18(19,20)21/h3-10,22H,2,11-12H2,1H3,(H,23,24). The third-order valence-corrected chi connectivity index (χ3v) is 5.03. The maximum Gasteiger partial charge on any atom is 0.402 e. The number of sulfonamides is 1. The van der Waals surface area contributed by atoms with Gasteiger partial charge in [-0.25, -0.2) is 13.1 Å². The Labute approximate surface area is 160 Å². The molecular weight excluding hydrogens is 397 g/mol. The number of nitrogens with one attached hydrogen (secondary N) is 2. The Hall–Kier alpha value is -2.59. The molecule has 0 aliphatic carbocycles. The van der Waals surface area contributed by atoms with Crippen molar-refractivity contribution in [1.29, 1.82) is 0 Å². The lowest BCUT2D eigenvalue weighted by atomic mass is 10.2. The molecule has 10 heteroatoms. The van der Waals surface area contributed by atoms with Crippen LogP contribution in [0.2, 0.25) is 0 Å². The number of aryl methyl sites for hydroxylation is 1. The SMILES string of the molecule is CCc1ccc(OCC(=O)Nc2ccc(S(=O)(=O)NCC(F)(F)F)cc2)cc1. The average Bonchev–Trinajstić information content (AvgIpc) is 2.65. The Morgan fingerprint density at radius 2 is 1.64 bits per heavy atom. The molecule has 0 aliphatic rings. The zero-order valence-corrected chi connectivity index (χ0v) is 15.7. The van der Waals surface area contributed by atoms with Crippen LogP contribution >= 0.6 is 0 Å². The summed E-state index contributed by atoms with van der Waals surface area (Å²) in [5.41, 5.74) is 1.42. The molecule has 1 amide bonds. The maximum absolute atomic E-state index is 12.2. The van der Waals surface area contributed by atoms with Crippen LogP contribution in [0.1, 0.15) is 12.5 Å². The van der Waals surface area contributed by atoms with Crippen molar-refractivity contribution in [2.24, 2.45) is 0 Å². The fraction of sp³-hybridized carbons (Fsp3) is 0.278. The van der Waals surface area contributed by atoms with Gasteiger partial charge in [-0.1, -0.05) is 19.1 Å². The molecule has 2 aromatic rings. The van der Waals surface area contributed by atoms with E-state index >= 15 is 0 Å². The second-order valence-corrected chi connectivity index (χ2v) is 7.57. The van der Waals surface area contributed by atoms with Gasteiger partial charge in [-0.2, -0.15) is 13.2 Å². The van der Waals surface area contributed by atoms with Crippen molar-refractivity contribution in [3.8, 4) is 5.75 Å². The van der Waals surface area contributed by atoms with E-state index in [1.54, 1.807) is 12.1 Å². The molecule has 0 heterocycles. The largest absolute Gasteiger partial charge is 0.484 e. The highest BCUT2D eigenvalue weighted by Gasteiger charge is 2.30. The number of halogens is 3. The average molecular weight is 416 g/mol. The van der Waals surface area contributed by atoms with Gasteiger partial charge in [0.15, 0.2) is 6.61 Å². The topological polar surface area (TPSA) is 84.5 Å². The third kappa shape index (κ3) is 6.86. The number of hydrogen-bond donors (Lipinski definition) is 2. The van der Waals surface area contributed by atoms with Crippen LogP contribution in [-0.4, -0.2) is 33.7 Å². The van der Waals surface area contributed by atoms with E-state index in [9.17, 15) is 26.4 Å². The zero-order chi connectivity index (χ0) is 20.8. The molecule has 28 heavy (non-hydrogen) atoms. The molecule has 0 spiro atoms. The molecule has 0 saturated carbocycles. The first-order valence-corrected chi connectivity index (χ1v) is 9.75. The van der Waals surface area contributed by atoms with E-state index in [4.69, 9.17) is 4.74 Å². The number of ether oxygens (including phenoxy) is 1. The van der Waals surface area contributed by atoms with Crippen LogP contribution in [0, 0.1) is 0 Å². The Kier molecular flexibility index (Phi) is 7.03. The minimum absolute atomic E-state index is 0.251. The molecular formula is C18H19F3N2O4S. The molecule has 0 fully saturated rings. The predicted molar refractivity (Wildman–Crippen MR) is 97.6 cm³/mol. The lowest BCUT2D eigenvalue weighted by Gasteiger charge is -2.10. The molecule has 0 aliphatic heterocycles. The number of benzene rings is 2. The lowest BCUT2D eigenvalue weighted by molar-refractivity contribution is -0.121. The van der Waals surface area contributed by atoms with E-state index in [0.717, 1.165) is 24.1 Å². The van der Waals surface area contributed by atoms with Crippen LogP contribution in [-0.2, 0) is 21.2 Å². The Balaban J connectivity index is 1.89. The number of alkyl halides is 3. The first kappa shape index (κ1) is 21.7. The first-order valence-electron chi connectivity index (χ1n) is 8.27. The maximum atomic E-state index is 12.2.